The zero-order valence-corrected chi connectivity index (χ0v) is 19.6. The molecule has 0 aliphatic carbocycles. The molecule has 0 saturated carbocycles. The third kappa shape index (κ3) is 5.21. The van der Waals surface area contributed by atoms with E-state index >= 15 is 0 Å². The lowest BCUT2D eigenvalue weighted by Crippen LogP contribution is -2.38. The molecule has 0 radical (unpaired) electrons. The number of nitrogens with one attached hydrogen (secondary N) is 1. The highest BCUT2D eigenvalue weighted by Crippen LogP contribution is 2.28. The van der Waals surface area contributed by atoms with Crippen molar-refractivity contribution in [1.29, 1.82) is 0 Å². The van der Waals surface area contributed by atoms with Gasteiger partial charge in [0.2, 0.25) is 0 Å². The average Bonchev–Trinajstić information content (AvgIpc) is 2.86. The van der Waals surface area contributed by atoms with Gasteiger partial charge in [-0.15, -0.1) is 0 Å². The second-order valence-corrected chi connectivity index (χ2v) is 9.34. The molecule has 0 spiro atoms. The second kappa shape index (κ2) is 10.1. The van der Waals surface area contributed by atoms with Gasteiger partial charge in [-0.3, -0.25) is 19.5 Å². The number of carbonyl (C=O) groups excluding carboxylic acids is 1. The number of likely N-dealkylation sites (tertiary alicyclic amines) is 1. The summed E-state index contributed by atoms with van der Waals surface area (Å²) in [5.74, 6) is 6.31. The van der Waals surface area contributed by atoms with Crippen LogP contribution in [0.25, 0.3) is 22.3 Å². The summed E-state index contributed by atoms with van der Waals surface area (Å²) in [6.07, 6.45) is 2.77. The van der Waals surface area contributed by atoms with Crippen LogP contribution in [-0.2, 0) is 6.54 Å². The highest BCUT2D eigenvalue weighted by atomic mass is 19.1. The van der Waals surface area contributed by atoms with Crippen molar-refractivity contribution in [2.24, 2.45) is 5.84 Å². The molecule has 1 amide bonds. The van der Waals surface area contributed by atoms with Crippen LogP contribution in [0.3, 0.4) is 0 Å². The van der Waals surface area contributed by atoms with E-state index in [-0.39, 0.29) is 17.2 Å². The number of hydrazine groups is 1. The average molecular weight is 480 g/mol. The number of amides is 1. The molecule has 9 heteroatoms. The van der Waals surface area contributed by atoms with Crippen LogP contribution in [-0.4, -0.2) is 58.2 Å². The number of piperidine rings is 1. The van der Waals surface area contributed by atoms with Crippen LogP contribution in [0.4, 0.5) is 4.39 Å². The minimum atomic E-state index is -0.725. The molecule has 1 fully saturated rings. The lowest BCUT2D eigenvalue weighted by molar-refractivity contribution is 0.0752. The van der Waals surface area contributed by atoms with Crippen LogP contribution in [0.15, 0.2) is 41.2 Å². The standard InChI is InChI=1S/C26H30FN5O3/c27-20-7-10-31(11-8-20)16-17-13-21-24-22(14-17)35-12-3-1-2-9-32(28)26(34)19-6-4-5-18(15-19)23(30-24)25(33)29-21/h4-6,13-15,20H,1-3,7-12,16,28H2,(H,29,33). The number of aromatic amines is 1. The molecule has 2 aliphatic heterocycles. The van der Waals surface area contributed by atoms with E-state index in [1.165, 1.54) is 5.01 Å². The lowest BCUT2D eigenvalue weighted by atomic mass is 10.1. The predicted molar refractivity (Wildman–Crippen MR) is 132 cm³/mol. The van der Waals surface area contributed by atoms with Crippen molar-refractivity contribution in [3.63, 3.8) is 0 Å². The van der Waals surface area contributed by atoms with Crippen molar-refractivity contribution in [3.05, 3.63) is 57.9 Å². The molecule has 0 atom stereocenters. The third-order valence-corrected chi connectivity index (χ3v) is 6.69. The molecule has 0 unspecified atom stereocenters. The van der Waals surface area contributed by atoms with Crippen molar-refractivity contribution in [3.8, 4) is 17.0 Å². The number of hydrogen-bond donors (Lipinski definition) is 2. The Balaban J connectivity index is 1.57. The molecule has 4 bridgehead atoms. The number of alkyl halides is 1. The number of benzene rings is 2. The minimum Gasteiger partial charge on any atom is -0.491 e. The predicted octanol–water partition coefficient (Wildman–Crippen LogP) is 3.40. The molecule has 2 aromatic carbocycles. The van der Waals surface area contributed by atoms with E-state index < -0.39 is 6.17 Å². The highest BCUT2D eigenvalue weighted by Gasteiger charge is 2.20. The van der Waals surface area contributed by atoms with Crippen LogP contribution in [0.5, 0.6) is 5.75 Å². The molecule has 3 heterocycles. The van der Waals surface area contributed by atoms with Gasteiger partial charge in [-0.2, -0.15) is 0 Å². The Kier molecular flexibility index (Phi) is 6.79. The fourth-order valence-electron chi connectivity index (χ4n) is 4.74. The number of ether oxygens (including phenoxy) is 1. The zero-order chi connectivity index (χ0) is 24.4. The van der Waals surface area contributed by atoms with Crippen LogP contribution in [0, 0.1) is 0 Å². The van der Waals surface area contributed by atoms with Gasteiger partial charge in [0.25, 0.3) is 11.5 Å². The highest BCUT2D eigenvalue weighted by molar-refractivity contribution is 5.95. The Labute approximate surface area is 202 Å². The number of aromatic nitrogens is 2. The minimum absolute atomic E-state index is 0.216. The summed E-state index contributed by atoms with van der Waals surface area (Å²) >= 11 is 0. The summed E-state index contributed by atoms with van der Waals surface area (Å²) in [4.78, 5) is 35.7. The van der Waals surface area contributed by atoms with E-state index in [1.807, 2.05) is 12.1 Å². The first-order valence-electron chi connectivity index (χ1n) is 12.2. The number of H-pyrrole nitrogens is 1. The number of hydrogen-bond acceptors (Lipinski definition) is 6. The first kappa shape index (κ1) is 23.4. The number of halogens is 1. The van der Waals surface area contributed by atoms with Gasteiger partial charge >= 0.3 is 0 Å². The van der Waals surface area contributed by atoms with E-state index in [0.717, 1.165) is 24.8 Å². The van der Waals surface area contributed by atoms with Crippen molar-refractivity contribution in [2.75, 3.05) is 26.2 Å². The van der Waals surface area contributed by atoms with Crippen molar-refractivity contribution in [2.45, 2.75) is 44.8 Å². The molecule has 184 valence electrons. The first-order chi connectivity index (χ1) is 17.0. The van der Waals surface area contributed by atoms with Gasteiger partial charge < -0.3 is 9.72 Å². The second-order valence-electron chi connectivity index (χ2n) is 9.34. The molecule has 1 aromatic heterocycles. The molecule has 35 heavy (non-hydrogen) atoms. The number of carbonyl (C=O) groups is 1. The fourth-order valence-corrected chi connectivity index (χ4v) is 4.74. The van der Waals surface area contributed by atoms with Gasteiger partial charge in [-0.05, 0) is 61.9 Å². The quantitative estimate of drug-likeness (QED) is 0.431. The number of nitrogens with zero attached hydrogens (tertiary/aromatic N) is 3. The molecular formula is C26H30FN5O3. The molecule has 8 nitrogen and oxygen atoms in total. The zero-order valence-electron chi connectivity index (χ0n) is 19.6. The summed E-state index contributed by atoms with van der Waals surface area (Å²) in [6.45, 7) is 2.98. The number of nitrogens with two attached hydrogens (primary N) is 1. The largest absolute Gasteiger partial charge is 0.491 e. The topological polar surface area (TPSA) is 105 Å². The van der Waals surface area contributed by atoms with Crippen LogP contribution in [0.1, 0.15) is 48.0 Å². The summed E-state index contributed by atoms with van der Waals surface area (Å²) in [5.41, 5.74) is 2.95. The summed E-state index contributed by atoms with van der Waals surface area (Å²) in [6, 6.07) is 10.7. The van der Waals surface area contributed by atoms with Crippen molar-refractivity contribution in [1.82, 2.24) is 19.9 Å². The smallest absolute Gasteiger partial charge is 0.274 e. The number of rotatable bonds is 2. The van der Waals surface area contributed by atoms with Gasteiger partial charge in [0.1, 0.15) is 23.1 Å². The Morgan fingerprint density at radius 2 is 1.86 bits per heavy atom. The van der Waals surface area contributed by atoms with Crippen LogP contribution in [0.2, 0.25) is 0 Å². The van der Waals surface area contributed by atoms with Gasteiger partial charge in [-0.25, -0.2) is 15.2 Å². The maximum atomic E-state index is 13.6. The van der Waals surface area contributed by atoms with Gasteiger partial charge in [0, 0.05) is 37.3 Å². The van der Waals surface area contributed by atoms with E-state index in [9.17, 15) is 14.0 Å². The van der Waals surface area contributed by atoms with Crippen molar-refractivity contribution < 1.29 is 13.9 Å². The van der Waals surface area contributed by atoms with Gasteiger partial charge in [0.15, 0.2) is 0 Å². The van der Waals surface area contributed by atoms with E-state index in [2.05, 4.69) is 9.88 Å². The number of fused-ring (bicyclic) bond motifs is 4. The van der Waals surface area contributed by atoms with Crippen LogP contribution < -0.4 is 16.1 Å². The molecule has 3 N–H and O–H groups in total. The normalized spacial score (nSPS) is 18.3. The molecule has 5 rings (SSSR count). The molecule has 2 aliphatic rings. The lowest BCUT2D eigenvalue weighted by Gasteiger charge is -2.28. The van der Waals surface area contributed by atoms with E-state index in [4.69, 9.17) is 15.6 Å². The summed E-state index contributed by atoms with van der Waals surface area (Å²) in [7, 11) is 0. The van der Waals surface area contributed by atoms with E-state index in [1.54, 1.807) is 24.3 Å². The van der Waals surface area contributed by atoms with Crippen molar-refractivity contribution >= 4 is 16.9 Å². The maximum absolute atomic E-state index is 13.6. The van der Waals surface area contributed by atoms with Gasteiger partial charge in [0.05, 0.1) is 12.1 Å². The van der Waals surface area contributed by atoms with Crippen LogP contribution >= 0.6 is 0 Å². The van der Waals surface area contributed by atoms with E-state index in [0.29, 0.717) is 73.5 Å². The SMILES string of the molecule is NN1CCCCCOc2cc(CN3CCC(F)CC3)cc3[nH]c(=O)c(nc23)-c2cccc(c2)C1=O. The molecular weight excluding hydrogens is 449 g/mol. The Morgan fingerprint density at radius 1 is 1.06 bits per heavy atom. The summed E-state index contributed by atoms with van der Waals surface area (Å²) < 4.78 is 19.7. The molecule has 1 saturated heterocycles. The monoisotopic (exact) mass is 479 g/mol. The molecule has 3 aromatic rings. The maximum Gasteiger partial charge on any atom is 0.274 e. The Bertz CT molecular complexity index is 1290. The Hall–Kier alpha value is -3.30. The first-order valence-corrected chi connectivity index (χ1v) is 12.2. The summed E-state index contributed by atoms with van der Waals surface area (Å²) in [5, 5.41) is 1.22. The fraction of sp³-hybridized carbons (Fsp3) is 0.423. The van der Waals surface area contributed by atoms with Gasteiger partial charge in [-0.1, -0.05) is 12.1 Å². The third-order valence-electron chi connectivity index (χ3n) is 6.69. The Morgan fingerprint density at radius 3 is 2.69 bits per heavy atom.